The lowest BCUT2D eigenvalue weighted by atomic mass is 9.92. The molecule has 2 aliphatic rings. The third kappa shape index (κ3) is 2.33. The molecule has 0 aromatic rings. The van der Waals surface area contributed by atoms with Gasteiger partial charge in [0.15, 0.2) is 0 Å². The van der Waals surface area contributed by atoms with Crippen molar-refractivity contribution in [2.75, 3.05) is 13.7 Å². The molecule has 0 aromatic heterocycles. The highest BCUT2D eigenvalue weighted by Crippen LogP contribution is 2.29. The molecule has 0 saturated heterocycles. The van der Waals surface area contributed by atoms with E-state index in [1.807, 2.05) is 0 Å². The largest absolute Gasteiger partial charge is 0.390 e. The standard InChI is InChI=1S/C11H21NO3/c1-15-6-7-5-9(11(14)10(7)13)12-8-3-2-4-8/h7-14H,2-6H2,1H3/t7-,9-,10-,11+/m1/s1. The van der Waals surface area contributed by atoms with Crippen molar-refractivity contribution in [2.45, 2.75) is 50.0 Å². The highest BCUT2D eigenvalue weighted by molar-refractivity contribution is 4.97. The number of aliphatic hydroxyl groups excluding tert-OH is 2. The first-order chi connectivity index (χ1) is 7.22. The highest BCUT2D eigenvalue weighted by atomic mass is 16.5. The van der Waals surface area contributed by atoms with Crippen molar-refractivity contribution in [3.63, 3.8) is 0 Å². The molecular weight excluding hydrogens is 194 g/mol. The second-order valence-electron chi connectivity index (χ2n) is 4.83. The van der Waals surface area contributed by atoms with Crippen molar-refractivity contribution in [1.82, 2.24) is 5.32 Å². The fourth-order valence-electron chi connectivity index (χ4n) is 2.55. The summed E-state index contributed by atoms with van der Waals surface area (Å²) in [5, 5.41) is 23.1. The molecule has 4 heteroatoms. The summed E-state index contributed by atoms with van der Waals surface area (Å²) in [6.07, 6.45) is 3.23. The third-order valence-electron chi connectivity index (χ3n) is 3.74. The highest BCUT2D eigenvalue weighted by Gasteiger charge is 2.42. The normalized spacial score (nSPS) is 41.8. The van der Waals surface area contributed by atoms with E-state index in [2.05, 4.69) is 5.32 Å². The molecule has 2 rings (SSSR count). The zero-order chi connectivity index (χ0) is 10.8. The van der Waals surface area contributed by atoms with Gasteiger partial charge >= 0.3 is 0 Å². The SMILES string of the molecule is COC[C@H]1C[C@@H](NC2CCC2)[C@H](O)[C@@H]1O. The molecule has 88 valence electrons. The summed E-state index contributed by atoms with van der Waals surface area (Å²) in [7, 11) is 1.63. The van der Waals surface area contributed by atoms with Crippen molar-refractivity contribution < 1.29 is 14.9 Å². The molecule has 0 heterocycles. The molecule has 2 saturated carbocycles. The minimum atomic E-state index is -0.637. The molecule has 15 heavy (non-hydrogen) atoms. The maximum absolute atomic E-state index is 9.85. The molecule has 3 N–H and O–H groups in total. The summed E-state index contributed by atoms with van der Waals surface area (Å²) in [4.78, 5) is 0. The minimum absolute atomic E-state index is 0.0467. The van der Waals surface area contributed by atoms with Gasteiger partial charge in [-0.2, -0.15) is 0 Å². The number of nitrogens with one attached hydrogen (secondary N) is 1. The predicted octanol–water partition coefficient (Wildman–Crippen LogP) is -0.115. The smallest absolute Gasteiger partial charge is 0.0955 e. The fraction of sp³-hybridized carbons (Fsp3) is 1.00. The summed E-state index contributed by atoms with van der Waals surface area (Å²) in [5.74, 6) is 0.0718. The van der Waals surface area contributed by atoms with Crippen molar-refractivity contribution >= 4 is 0 Å². The van der Waals surface area contributed by atoms with Crippen molar-refractivity contribution in [3.05, 3.63) is 0 Å². The third-order valence-corrected chi connectivity index (χ3v) is 3.74. The Hall–Kier alpha value is -0.160. The van der Waals surface area contributed by atoms with Crippen LogP contribution in [0.3, 0.4) is 0 Å². The van der Waals surface area contributed by atoms with Gasteiger partial charge in [-0.3, -0.25) is 0 Å². The average Bonchev–Trinajstić information content (AvgIpc) is 2.41. The van der Waals surface area contributed by atoms with Crippen LogP contribution in [0.1, 0.15) is 25.7 Å². The molecule has 2 aliphatic carbocycles. The first kappa shape index (κ1) is 11.3. The van der Waals surface area contributed by atoms with Crippen molar-refractivity contribution in [1.29, 1.82) is 0 Å². The van der Waals surface area contributed by atoms with Crippen LogP contribution in [0.15, 0.2) is 0 Å². The predicted molar refractivity (Wildman–Crippen MR) is 56.6 cm³/mol. The van der Waals surface area contributed by atoms with Crippen LogP contribution in [0.25, 0.3) is 0 Å². The van der Waals surface area contributed by atoms with E-state index in [1.54, 1.807) is 7.11 Å². The number of methoxy groups -OCH3 is 1. The zero-order valence-corrected chi connectivity index (χ0v) is 9.22. The fourth-order valence-corrected chi connectivity index (χ4v) is 2.55. The molecular formula is C11H21NO3. The van der Waals surface area contributed by atoms with E-state index in [9.17, 15) is 10.2 Å². The van der Waals surface area contributed by atoms with Gasteiger partial charge in [0.1, 0.15) is 0 Å². The molecule has 0 radical (unpaired) electrons. The van der Waals surface area contributed by atoms with E-state index in [0.29, 0.717) is 12.6 Å². The Morgan fingerprint density at radius 3 is 2.53 bits per heavy atom. The maximum atomic E-state index is 9.85. The number of hydrogen-bond donors (Lipinski definition) is 3. The molecule has 0 aromatic carbocycles. The van der Waals surface area contributed by atoms with Crippen LogP contribution in [0.4, 0.5) is 0 Å². The quantitative estimate of drug-likeness (QED) is 0.612. The number of ether oxygens (including phenoxy) is 1. The molecule has 4 nitrogen and oxygen atoms in total. The van der Waals surface area contributed by atoms with Gasteiger partial charge in [-0.05, 0) is 19.3 Å². The van der Waals surface area contributed by atoms with E-state index < -0.39 is 12.2 Å². The molecule has 4 atom stereocenters. The number of hydrogen-bond acceptors (Lipinski definition) is 4. The Kier molecular flexibility index (Phi) is 3.61. The van der Waals surface area contributed by atoms with E-state index in [-0.39, 0.29) is 12.0 Å². The second kappa shape index (κ2) is 4.78. The van der Waals surface area contributed by atoms with E-state index >= 15 is 0 Å². The van der Waals surface area contributed by atoms with Gasteiger partial charge in [0.05, 0.1) is 18.8 Å². The van der Waals surface area contributed by atoms with Crippen LogP contribution in [-0.4, -0.2) is 48.2 Å². The van der Waals surface area contributed by atoms with Crippen molar-refractivity contribution in [3.8, 4) is 0 Å². The zero-order valence-electron chi connectivity index (χ0n) is 9.22. The Bertz CT molecular complexity index is 208. The molecule has 2 fully saturated rings. The van der Waals surface area contributed by atoms with E-state index in [4.69, 9.17) is 4.74 Å². The topological polar surface area (TPSA) is 61.7 Å². The van der Waals surface area contributed by atoms with Gasteiger partial charge in [-0.15, -0.1) is 0 Å². The van der Waals surface area contributed by atoms with Gasteiger partial charge < -0.3 is 20.3 Å². The van der Waals surface area contributed by atoms with Crippen LogP contribution in [-0.2, 0) is 4.74 Å². The molecule has 0 spiro atoms. The van der Waals surface area contributed by atoms with Crippen molar-refractivity contribution in [2.24, 2.45) is 5.92 Å². The summed E-state index contributed by atoms with van der Waals surface area (Å²) in [6.45, 7) is 0.529. The van der Waals surface area contributed by atoms with Crippen LogP contribution in [0.5, 0.6) is 0 Å². The number of aliphatic hydroxyl groups is 2. The van der Waals surface area contributed by atoms with E-state index in [1.165, 1.54) is 19.3 Å². The van der Waals surface area contributed by atoms with Crippen LogP contribution >= 0.6 is 0 Å². The van der Waals surface area contributed by atoms with Gasteiger partial charge in [0.25, 0.3) is 0 Å². The summed E-state index contributed by atoms with van der Waals surface area (Å²) < 4.78 is 5.04. The lowest BCUT2D eigenvalue weighted by Gasteiger charge is -2.31. The molecule has 0 bridgehead atoms. The monoisotopic (exact) mass is 215 g/mol. The van der Waals surface area contributed by atoms with Gasteiger partial charge in [0.2, 0.25) is 0 Å². The van der Waals surface area contributed by atoms with E-state index in [0.717, 1.165) is 6.42 Å². The lowest BCUT2D eigenvalue weighted by molar-refractivity contribution is -0.00752. The van der Waals surface area contributed by atoms with Crippen LogP contribution in [0, 0.1) is 5.92 Å². The van der Waals surface area contributed by atoms with Gasteiger partial charge in [-0.1, -0.05) is 6.42 Å². The average molecular weight is 215 g/mol. The Labute approximate surface area is 90.6 Å². The Morgan fingerprint density at radius 2 is 2.00 bits per heavy atom. The minimum Gasteiger partial charge on any atom is -0.390 e. The maximum Gasteiger partial charge on any atom is 0.0955 e. The Balaban J connectivity index is 1.84. The summed E-state index contributed by atoms with van der Waals surface area (Å²) in [5.41, 5.74) is 0. The van der Waals surface area contributed by atoms with Gasteiger partial charge in [0, 0.05) is 25.1 Å². The second-order valence-corrected chi connectivity index (χ2v) is 4.83. The lowest BCUT2D eigenvalue weighted by Crippen LogP contribution is -2.47. The Morgan fingerprint density at radius 1 is 1.27 bits per heavy atom. The van der Waals surface area contributed by atoms with Crippen LogP contribution in [0.2, 0.25) is 0 Å². The summed E-state index contributed by atoms with van der Waals surface area (Å²) >= 11 is 0. The van der Waals surface area contributed by atoms with Gasteiger partial charge in [-0.25, -0.2) is 0 Å². The first-order valence-corrected chi connectivity index (χ1v) is 5.83. The molecule has 0 aliphatic heterocycles. The first-order valence-electron chi connectivity index (χ1n) is 5.83. The molecule has 0 amide bonds. The van der Waals surface area contributed by atoms with Crippen LogP contribution < -0.4 is 5.32 Å². The molecule has 0 unspecified atom stereocenters. The summed E-state index contributed by atoms with van der Waals surface area (Å²) in [6, 6.07) is 0.601. The number of rotatable bonds is 4.